The van der Waals surface area contributed by atoms with Gasteiger partial charge in [-0.3, -0.25) is 9.48 Å². The van der Waals surface area contributed by atoms with Crippen LogP contribution in [0.4, 0.5) is 0 Å². The Labute approximate surface area is 94.7 Å². The molecule has 0 spiro atoms. The fourth-order valence-electron chi connectivity index (χ4n) is 1.31. The Bertz CT molecular complexity index is 360. The van der Waals surface area contributed by atoms with Crippen molar-refractivity contribution in [2.24, 2.45) is 5.73 Å². The minimum atomic E-state index is -0.134. The van der Waals surface area contributed by atoms with E-state index < -0.39 is 0 Å². The third-order valence-electron chi connectivity index (χ3n) is 2.13. The van der Waals surface area contributed by atoms with Crippen molar-refractivity contribution in [2.45, 2.75) is 13.5 Å². The monoisotopic (exact) mass is 223 g/mol. The summed E-state index contributed by atoms with van der Waals surface area (Å²) < 4.78 is 1.56. The van der Waals surface area contributed by atoms with E-state index in [0.717, 1.165) is 0 Å². The van der Waals surface area contributed by atoms with Crippen molar-refractivity contribution < 1.29 is 4.79 Å². The third kappa shape index (κ3) is 2.90. The minimum absolute atomic E-state index is 0.134. The molecule has 1 rings (SSSR count). The second kappa shape index (κ2) is 6.02. The number of amides is 1. The van der Waals surface area contributed by atoms with Crippen LogP contribution in [0.25, 0.3) is 0 Å². The first kappa shape index (κ1) is 12.4. The highest BCUT2D eigenvalue weighted by atomic mass is 16.2. The lowest BCUT2D eigenvalue weighted by atomic mass is 10.3. The maximum atomic E-state index is 11.9. The van der Waals surface area contributed by atoms with Crippen LogP contribution < -0.4 is 5.73 Å². The van der Waals surface area contributed by atoms with Gasteiger partial charge in [-0.05, 0) is 6.92 Å². The molecule has 6 nitrogen and oxygen atoms in total. The molecule has 6 heteroatoms. The zero-order chi connectivity index (χ0) is 12.0. The number of nitrogens with zero attached hydrogens (tertiary/aromatic N) is 4. The summed E-state index contributed by atoms with van der Waals surface area (Å²) in [7, 11) is 0. The Morgan fingerprint density at radius 3 is 3.06 bits per heavy atom. The van der Waals surface area contributed by atoms with Crippen LogP contribution in [-0.4, -0.2) is 45.4 Å². The molecule has 0 saturated heterocycles. The van der Waals surface area contributed by atoms with Gasteiger partial charge in [0.1, 0.15) is 0 Å². The topological polar surface area (TPSA) is 77.0 Å². The molecule has 16 heavy (non-hydrogen) atoms. The molecule has 0 aliphatic carbocycles. The molecule has 0 saturated carbocycles. The highest BCUT2D eigenvalue weighted by Crippen LogP contribution is 2.00. The third-order valence-corrected chi connectivity index (χ3v) is 2.13. The molecule has 2 N–H and O–H groups in total. The number of hydrogen-bond acceptors (Lipinski definition) is 4. The lowest BCUT2D eigenvalue weighted by Gasteiger charge is -2.16. The standard InChI is InChI=1S/C10H17N5O/c1-3-6-14(4-2)10(16)9-8-15(7-5-11)13-12-9/h3,8H,1,4-7,11H2,2H3. The number of nitrogens with two attached hydrogens (primary N) is 1. The predicted octanol–water partition coefficient (Wildman–Crippen LogP) is -0.115. The second-order valence-electron chi connectivity index (χ2n) is 3.29. The summed E-state index contributed by atoms with van der Waals surface area (Å²) in [6.07, 6.45) is 3.30. The summed E-state index contributed by atoms with van der Waals surface area (Å²) in [6, 6.07) is 0. The Hall–Kier alpha value is -1.69. The van der Waals surface area contributed by atoms with E-state index in [1.54, 1.807) is 21.9 Å². The van der Waals surface area contributed by atoms with Gasteiger partial charge in [-0.1, -0.05) is 11.3 Å². The first-order chi connectivity index (χ1) is 7.72. The summed E-state index contributed by atoms with van der Waals surface area (Å²) in [5.74, 6) is -0.134. The largest absolute Gasteiger partial charge is 0.334 e. The minimum Gasteiger partial charge on any atom is -0.334 e. The van der Waals surface area contributed by atoms with Crippen LogP contribution in [0.5, 0.6) is 0 Å². The van der Waals surface area contributed by atoms with E-state index >= 15 is 0 Å². The summed E-state index contributed by atoms with van der Waals surface area (Å²) >= 11 is 0. The van der Waals surface area contributed by atoms with Gasteiger partial charge >= 0.3 is 0 Å². The average molecular weight is 223 g/mol. The zero-order valence-corrected chi connectivity index (χ0v) is 9.46. The van der Waals surface area contributed by atoms with Crippen molar-refractivity contribution >= 4 is 5.91 Å². The summed E-state index contributed by atoms with van der Waals surface area (Å²) in [5.41, 5.74) is 5.73. The van der Waals surface area contributed by atoms with E-state index in [1.165, 1.54) is 0 Å². The summed E-state index contributed by atoms with van der Waals surface area (Å²) in [4.78, 5) is 13.6. The summed E-state index contributed by atoms with van der Waals surface area (Å²) in [6.45, 7) is 7.69. The Kier molecular flexibility index (Phi) is 4.65. The molecular weight excluding hydrogens is 206 g/mol. The van der Waals surface area contributed by atoms with Crippen LogP contribution in [0.2, 0.25) is 0 Å². The number of aromatic nitrogens is 3. The van der Waals surface area contributed by atoms with Gasteiger partial charge in [-0.25, -0.2) is 0 Å². The molecular formula is C10H17N5O. The normalized spacial score (nSPS) is 10.1. The number of rotatable bonds is 6. The number of carbonyl (C=O) groups excluding carboxylic acids is 1. The lowest BCUT2D eigenvalue weighted by Crippen LogP contribution is -2.31. The molecule has 1 aromatic rings. The van der Waals surface area contributed by atoms with Crippen molar-refractivity contribution in [3.63, 3.8) is 0 Å². The van der Waals surface area contributed by atoms with Crippen molar-refractivity contribution in [2.75, 3.05) is 19.6 Å². The quantitative estimate of drug-likeness (QED) is 0.682. The van der Waals surface area contributed by atoms with E-state index in [9.17, 15) is 4.79 Å². The first-order valence-electron chi connectivity index (χ1n) is 5.23. The van der Waals surface area contributed by atoms with Gasteiger partial charge < -0.3 is 10.6 Å². The number of hydrogen-bond donors (Lipinski definition) is 1. The molecule has 88 valence electrons. The van der Waals surface area contributed by atoms with Gasteiger partial charge in [0.2, 0.25) is 0 Å². The van der Waals surface area contributed by atoms with E-state index in [2.05, 4.69) is 16.9 Å². The SMILES string of the molecule is C=CCN(CC)C(=O)c1cn(CCN)nn1. The fourth-order valence-corrected chi connectivity index (χ4v) is 1.31. The maximum Gasteiger partial charge on any atom is 0.276 e. The van der Waals surface area contributed by atoms with E-state index in [0.29, 0.717) is 31.9 Å². The van der Waals surface area contributed by atoms with Gasteiger partial charge in [-0.15, -0.1) is 11.7 Å². The van der Waals surface area contributed by atoms with Crippen molar-refractivity contribution in [3.05, 3.63) is 24.5 Å². The van der Waals surface area contributed by atoms with Crippen LogP contribution in [0.1, 0.15) is 17.4 Å². The van der Waals surface area contributed by atoms with Crippen LogP contribution >= 0.6 is 0 Å². The molecule has 0 bridgehead atoms. The summed E-state index contributed by atoms with van der Waals surface area (Å²) in [5, 5.41) is 7.63. The van der Waals surface area contributed by atoms with E-state index in [-0.39, 0.29) is 5.91 Å². The molecule has 0 aromatic carbocycles. The highest BCUT2D eigenvalue weighted by molar-refractivity contribution is 5.92. The fraction of sp³-hybridized carbons (Fsp3) is 0.500. The molecule has 1 aromatic heterocycles. The maximum absolute atomic E-state index is 11.9. The molecule has 1 amide bonds. The van der Waals surface area contributed by atoms with Crippen LogP contribution in [-0.2, 0) is 6.54 Å². The Balaban J connectivity index is 2.73. The van der Waals surface area contributed by atoms with Gasteiger partial charge in [0.25, 0.3) is 5.91 Å². The number of carbonyl (C=O) groups is 1. The number of likely N-dealkylation sites (N-methyl/N-ethyl adjacent to an activating group) is 1. The zero-order valence-electron chi connectivity index (χ0n) is 9.46. The van der Waals surface area contributed by atoms with Gasteiger partial charge in [0, 0.05) is 19.6 Å². The van der Waals surface area contributed by atoms with Crippen molar-refractivity contribution in [3.8, 4) is 0 Å². The smallest absolute Gasteiger partial charge is 0.276 e. The molecule has 0 fully saturated rings. The highest BCUT2D eigenvalue weighted by Gasteiger charge is 2.16. The first-order valence-corrected chi connectivity index (χ1v) is 5.23. The van der Waals surface area contributed by atoms with Crippen molar-refractivity contribution in [1.29, 1.82) is 0 Å². The van der Waals surface area contributed by atoms with Gasteiger partial charge in [-0.2, -0.15) is 0 Å². The van der Waals surface area contributed by atoms with Crippen LogP contribution in [0.15, 0.2) is 18.9 Å². The Morgan fingerprint density at radius 1 is 1.75 bits per heavy atom. The molecule has 0 aliphatic rings. The molecule has 0 radical (unpaired) electrons. The van der Waals surface area contributed by atoms with Crippen molar-refractivity contribution in [1.82, 2.24) is 19.9 Å². The molecule has 0 aliphatic heterocycles. The molecule has 1 heterocycles. The van der Waals surface area contributed by atoms with Gasteiger partial charge in [0.05, 0.1) is 12.7 Å². The average Bonchev–Trinajstić information content (AvgIpc) is 2.74. The van der Waals surface area contributed by atoms with E-state index in [4.69, 9.17) is 5.73 Å². The van der Waals surface area contributed by atoms with E-state index in [1.807, 2.05) is 6.92 Å². The lowest BCUT2D eigenvalue weighted by molar-refractivity contribution is 0.0776. The second-order valence-corrected chi connectivity index (χ2v) is 3.29. The van der Waals surface area contributed by atoms with Crippen LogP contribution in [0.3, 0.4) is 0 Å². The van der Waals surface area contributed by atoms with Gasteiger partial charge in [0.15, 0.2) is 5.69 Å². The molecule has 0 atom stereocenters. The Morgan fingerprint density at radius 2 is 2.50 bits per heavy atom. The molecule has 0 unspecified atom stereocenters. The predicted molar refractivity (Wildman–Crippen MR) is 60.9 cm³/mol. The van der Waals surface area contributed by atoms with Crippen LogP contribution in [0, 0.1) is 0 Å².